The maximum atomic E-state index is 11.0. The molecule has 0 aromatic heterocycles. The number of carbonyl (C=O) groups excluding carboxylic acids is 1. The van der Waals surface area contributed by atoms with Gasteiger partial charge in [0, 0.05) is 12.1 Å². The molecule has 2 unspecified atom stereocenters. The van der Waals surface area contributed by atoms with E-state index in [4.69, 9.17) is 0 Å². The summed E-state index contributed by atoms with van der Waals surface area (Å²) in [5.74, 6) is 0.0594. The Morgan fingerprint density at radius 2 is 2.50 bits per heavy atom. The highest BCUT2D eigenvalue weighted by Gasteiger charge is 2.36. The second-order valence-electron chi connectivity index (χ2n) is 3.79. The van der Waals surface area contributed by atoms with Crippen LogP contribution in [0.4, 0.5) is 0 Å². The summed E-state index contributed by atoms with van der Waals surface area (Å²) in [4.78, 5) is 11.0. The van der Waals surface area contributed by atoms with Gasteiger partial charge in [-0.3, -0.25) is 4.79 Å². The predicted octanol–water partition coefficient (Wildman–Crippen LogP) is 0.183. The number of carbonyl (C=O) groups is 1. The van der Waals surface area contributed by atoms with E-state index in [1.807, 2.05) is 6.08 Å². The highest BCUT2D eigenvalue weighted by atomic mass is 16.1. The largest absolute Gasteiger partial charge is 0.344 e. The van der Waals surface area contributed by atoms with Gasteiger partial charge in [-0.2, -0.15) is 0 Å². The molecule has 1 fully saturated rings. The minimum atomic E-state index is -0.0260. The van der Waals surface area contributed by atoms with Crippen molar-refractivity contribution in [1.82, 2.24) is 10.6 Å². The van der Waals surface area contributed by atoms with E-state index in [9.17, 15) is 4.79 Å². The number of amides is 1. The second-order valence-corrected chi connectivity index (χ2v) is 3.79. The van der Waals surface area contributed by atoms with Crippen molar-refractivity contribution in [3.63, 3.8) is 0 Å². The van der Waals surface area contributed by atoms with E-state index in [0.717, 1.165) is 19.4 Å². The zero-order valence-electron chi connectivity index (χ0n) is 7.26. The highest BCUT2D eigenvalue weighted by molar-refractivity contribution is 5.91. The van der Waals surface area contributed by atoms with E-state index < -0.39 is 0 Å². The molecule has 1 amide bonds. The molecule has 0 aromatic carbocycles. The van der Waals surface area contributed by atoms with Crippen molar-refractivity contribution in [1.29, 1.82) is 0 Å². The number of hydrogen-bond donors (Lipinski definition) is 2. The molecule has 2 aliphatic rings. The molecule has 0 aliphatic carbocycles. The van der Waals surface area contributed by atoms with Crippen LogP contribution in [0.3, 0.4) is 0 Å². The van der Waals surface area contributed by atoms with Crippen LogP contribution in [-0.2, 0) is 4.79 Å². The Bertz CT molecular complexity index is 237. The fourth-order valence-corrected chi connectivity index (χ4v) is 2.09. The zero-order chi connectivity index (χ0) is 8.60. The molecule has 2 heterocycles. The lowest BCUT2D eigenvalue weighted by Gasteiger charge is -2.36. The summed E-state index contributed by atoms with van der Waals surface area (Å²) in [7, 11) is 0. The molecule has 0 bridgehead atoms. The lowest BCUT2D eigenvalue weighted by Crippen LogP contribution is -2.52. The van der Waals surface area contributed by atoms with Crippen LogP contribution in [0.5, 0.6) is 0 Å². The van der Waals surface area contributed by atoms with Crippen molar-refractivity contribution in [3.8, 4) is 0 Å². The van der Waals surface area contributed by atoms with Gasteiger partial charge in [-0.05, 0) is 26.3 Å². The number of nitrogens with one attached hydrogen (secondary N) is 2. The van der Waals surface area contributed by atoms with Gasteiger partial charge in [0.15, 0.2) is 0 Å². The van der Waals surface area contributed by atoms with Gasteiger partial charge < -0.3 is 10.6 Å². The van der Waals surface area contributed by atoms with Gasteiger partial charge >= 0.3 is 0 Å². The topological polar surface area (TPSA) is 41.1 Å². The fraction of sp³-hybridized carbons (Fsp3) is 0.667. The number of piperidine rings is 1. The molecule has 2 rings (SSSR count). The number of rotatable bonds is 0. The Balaban J connectivity index is 2.11. The van der Waals surface area contributed by atoms with Crippen molar-refractivity contribution in [2.75, 3.05) is 6.54 Å². The van der Waals surface area contributed by atoms with Crippen molar-refractivity contribution >= 4 is 5.91 Å². The van der Waals surface area contributed by atoms with Gasteiger partial charge in [-0.15, -0.1) is 0 Å². The molecule has 2 atom stereocenters. The summed E-state index contributed by atoms with van der Waals surface area (Å²) in [5.41, 5.74) is -0.0260. The third-order valence-electron chi connectivity index (χ3n) is 2.66. The SMILES string of the molecule is CC1CC2(C=CC(=O)N2)CCN1. The maximum Gasteiger partial charge on any atom is 0.244 e. The smallest absolute Gasteiger partial charge is 0.244 e. The molecule has 1 spiro atoms. The average molecular weight is 166 g/mol. The molecule has 2 N–H and O–H groups in total. The Morgan fingerprint density at radius 3 is 3.08 bits per heavy atom. The van der Waals surface area contributed by atoms with Gasteiger partial charge in [0.1, 0.15) is 0 Å². The van der Waals surface area contributed by atoms with Crippen LogP contribution in [0.25, 0.3) is 0 Å². The summed E-state index contributed by atoms with van der Waals surface area (Å²) in [5, 5.41) is 6.37. The molecule has 0 radical (unpaired) electrons. The van der Waals surface area contributed by atoms with Gasteiger partial charge in [0.25, 0.3) is 0 Å². The van der Waals surface area contributed by atoms with Crippen LogP contribution in [0.2, 0.25) is 0 Å². The normalized spacial score (nSPS) is 40.4. The standard InChI is InChI=1S/C9H14N2O/c1-7-6-9(4-5-10-7)3-2-8(12)11-9/h2-3,7,10H,4-6H2,1H3,(H,11,12). The summed E-state index contributed by atoms with van der Waals surface area (Å²) >= 11 is 0. The molecule has 0 saturated carbocycles. The molecule has 66 valence electrons. The van der Waals surface area contributed by atoms with Gasteiger partial charge in [-0.1, -0.05) is 6.08 Å². The molecule has 0 aromatic rings. The van der Waals surface area contributed by atoms with Crippen LogP contribution in [0, 0.1) is 0 Å². The first kappa shape index (κ1) is 7.80. The Labute approximate surface area is 72.2 Å². The second kappa shape index (κ2) is 2.59. The molecule has 3 nitrogen and oxygen atoms in total. The summed E-state index contributed by atoms with van der Waals surface area (Å²) in [6.07, 6.45) is 5.69. The zero-order valence-corrected chi connectivity index (χ0v) is 7.26. The minimum absolute atomic E-state index is 0.0260. The average Bonchev–Trinajstić information content (AvgIpc) is 2.32. The molecule has 12 heavy (non-hydrogen) atoms. The van der Waals surface area contributed by atoms with E-state index in [2.05, 4.69) is 17.6 Å². The first-order valence-corrected chi connectivity index (χ1v) is 4.45. The van der Waals surface area contributed by atoms with Gasteiger partial charge in [0.05, 0.1) is 5.54 Å². The summed E-state index contributed by atoms with van der Waals surface area (Å²) < 4.78 is 0. The van der Waals surface area contributed by atoms with Crippen LogP contribution in [0.1, 0.15) is 19.8 Å². The Morgan fingerprint density at radius 1 is 1.67 bits per heavy atom. The van der Waals surface area contributed by atoms with Crippen LogP contribution < -0.4 is 10.6 Å². The molecule has 2 aliphatic heterocycles. The van der Waals surface area contributed by atoms with Crippen LogP contribution >= 0.6 is 0 Å². The predicted molar refractivity (Wildman–Crippen MR) is 46.7 cm³/mol. The van der Waals surface area contributed by atoms with Gasteiger partial charge in [-0.25, -0.2) is 0 Å². The lowest BCUT2D eigenvalue weighted by molar-refractivity contribution is -0.117. The third kappa shape index (κ3) is 1.25. The lowest BCUT2D eigenvalue weighted by atomic mass is 9.86. The monoisotopic (exact) mass is 166 g/mol. The molecular formula is C9H14N2O. The molecule has 3 heteroatoms. The number of hydrogen-bond acceptors (Lipinski definition) is 2. The summed E-state index contributed by atoms with van der Waals surface area (Å²) in [6, 6.07) is 0.502. The molecular weight excluding hydrogens is 152 g/mol. The quantitative estimate of drug-likeness (QED) is 0.539. The highest BCUT2D eigenvalue weighted by Crippen LogP contribution is 2.25. The maximum absolute atomic E-state index is 11.0. The first-order valence-electron chi connectivity index (χ1n) is 4.45. The Kier molecular flexibility index (Phi) is 1.68. The van der Waals surface area contributed by atoms with Crippen molar-refractivity contribution in [2.24, 2.45) is 0 Å². The fourth-order valence-electron chi connectivity index (χ4n) is 2.09. The molecule has 1 saturated heterocycles. The first-order chi connectivity index (χ1) is 5.70. The van der Waals surface area contributed by atoms with E-state index in [1.54, 1.807) is 6.08 Å². The van der Waals surface area contributed by atoms with Crippen molar-refractivity contribution in [2.45, 2.75) is 31.3 Å². The van der Waals surface area contributed by atoms with Crippen LogP contribution in [-0.4, -0.2) is 24.0 Å². The summed E-state index contributed by atoms with van der Waals surface area (Å²) in [6.45, 7) is 3.14. The van der Waals surface area contributed by atoms with Gasteiger partial charge in [0.2, 0.25) is 5.91 Å². The van der Waals surface area contributed by atoms with E-state index in [0.29, 0.717) is 6.04 Å². The minimum Gasteiger partial charge on any atom is -0.344 e. The van der Waals surface area contributed by atoms with Crippen molar-refractivity contribution in [3.05, 3.63) is 12.2 Å². The van der Waals surface area contributed by atoms with E-state index in [-0.39, 0.29) is 11.4 Å². The van der Waals surface area contributed by atoms with E-state index in [1.165, 1.54) is 0 Å². The third-order valence-corrected chi connectivity index (χ3v) is 2.66. The van der Waals surface area contributed by atoms with E-state index >= 15 is 0 Å². The van der Waals surface area contributed by atoms with Crippen LogP contribution in [0.15, 0.2) is 12.2 Å². The Hall–Kier alpha value is -0.830. The van der Waals surface area contributed by atoms with Crippen molar-refractivity contribution < 1.29 is 4.79 Å².